The lowest BCUT2D eigenvalue weighted by molar-refractivity contribution is -0.0932. The SMILES string of the molecule is CCC1(CC)CC(NCc2cccc(C(N)=O)c2)CCO1. The second-order valence-electron chi connectivity index (χ2n) is 5.87. The van der Waals surface area contributed by atoms with Gasteiger partial charge in [-0.2, -0.15) is 0 Å². The van der Waals surface area contributed by atoms with Crippen molar-refractivity contribution in [3.63, 3.8) is 0 Å². The van der Waals surface area contributed by atoms with Crippen LogP contribution in [0.2, 0.25) is 0 Å². The number of amides is 1. The van der Waals surface area contributed by atoms with E-state index in [0.29, 0.717) is 11.6 Å². The Hall–Kier alpha value is -1.39. The van der Waals surface area contributed by atoms with Crippen LogP contribution in [0.1, 0.15) is 55.5 Å². The lowest BCUT2D eigenvalue weighted by Crippen LogP contribution is -2.46. The zero-order valence-corrected chi connectivity index (χ0v) is 13.0. The van der Waals surface area contributed by atoms with Gasteiger partial charge in [-0.3, -0.25) is 4.79 Å². The molecule has 0 bridgehead atoms. The fraction of sp³-hybridized carbons (Fsp3) is 0.588. The van der Waals surface area contributed by atoms with E-state index < -0.39 is 0 Å². The van der Waals surface area contributed by atoms with E-state index in [1.807, 2.05) is 18.2 Å². The molecule has 4 nitrogen and oxygen atoms in total. The largest absolute Gasteiger partial charge is 0.375 e. The molecule has 0 saturated carbocycles. The van der Waals surface area contributed by atoms with Gasteiger partial charge in [-0.25, -0.2) is 0 Å². The van der Waals surface area contributed by atoms with Crippen molar-refractivity contribution >= 4 is 5.91 Å². The zero-order valence-electron chi connectivity index (χ0n) is 13.0. The highest BCUT2D eigenvalue weighted by Gasteiger charge is 2.34. The summed E-state index contributed by atoms with van der Waals surface area (Å²) in [5, 5.41) is 3.60. The second kappa shape index (κ2) is 7.05. The Labute approximate surface area is 127 Å². The highest BCUT2D eigenvalue weighted by Crippen LogP contribution is 2.31. The van der Waals surface area contributed by atoms with Crippen molar-refractivity contribution in [2.75, 3.05) is 6.61 Å². The number of ether oxygens (including phenoxy) is 1. The number of hydrogen-bond acceptors (Lipinski definition) is 3. The molecule has 1 unspecified atom stereocenters. The molecule has 1 aromatic rings. The van der Waals surface area contributed by atoms with Crippen LogP contribution in [-0.2, 0) is 11.3 Å². The van der Waals surface area contributed by atoms with Crippen LogP contribution in [0.25, 0.3) is 0 Å². The van der Waals surface area contributed by atoms with Gasteiger partial charge in [0, 0.05) is 24.8 Å². The fourth-order valence-corrected chi connectivity index (χ4v) is 3.04. The number of nitrogens with one attached hydrogen (secondary N) is 1. The first-order valence-corrected chi connectivity index (χ1v) is 7.84. The van der Waals surface area contributed by atoms with E-state index in [-0.39, 0.29) is 11.5 Å². The van der Waals surface area contributed by atoms with Crippen molar-refractivity contribution in [3.05, 3.63) is 35.4 Å². The highest BCUT2D eigenvalue weighted by molar-refractivity contribution is 5.92. The van der Waals surface area contributed by atoms with E-state index in [4.69, 9.17) is 10.5 Å². The summed E-state index contributed by atoms with van der Waals surface area (Å²) < 4.78 is 6.00. The maximum absolute atomic E-state index is 11.2. The Balaban J connectivity index is 1.93. The van der Waals surface area contributed by atoms with Crippen molar-refractivity contribution in [3.8, 4) is 0 Å². The lowest BCUT2D eigenvalue weighted by atomic mass is 9.86. The van der Waals surface area contributed by atoms with Crippen molar-refractivity contribution in [1.29, 1.82) is 0 Å². The van der Waals surface area contributed by atoms with Crippen LogP contribution < -0.4 is 11.1 Å². The highest BCUT2D eigenvalue weighted by atomic mass is 16.5. The molecule has 1 fully saturated rings. The Kier molecular flexibility index (Phi) is 5.37. The molecule has 116 valence electrons. The van der Waals surface area contributed by atoms with Gasteiger partial charge in [-0.05, 0) is 43.4 Å². The predicted octanol–water partition coefficient (Wildman–Crippen LogP) is 2.61. The smallest absolute Gasteiger partial charge is 0.248 e. The van der Waals surface area contributed by atoms with E-state index in [1.165, 1.54) is 0 Å². The van der Waals surface area contributed by atoms with Gasteiger partial charge >= 0.3 is 0 Å². The van der Waals surface area contributed by atoms with Crippen LogP contribution in [0.15, 0.2) is 24.3 Å². The minimum Gasteiger partial charge on any atom is -0.375 e. The van der Waals surface area contributed by atoms with Gasteiger partial charge < -0.3 is 15.8 Å². The van der Waals surface area contributed by atoms with Gasteiger partial charge in [-0.15, -0.1) is 0 Å². The van der Waals surface area contributed by atoms with Crippen molar-refractivity contribution in [1.82, 2.24) is 5.32 Å². The van der Waals surface area contributed by atoms with E-state index >= 15 is 0 Å². The minimum absolute atomic E-state index is 0.0327. The van der Waals surface area contributed by atoms with Crippen molar-refractivity contribution < 1.29 is 9.53 Å². The molecule has 4 heteroatoms. The topological polar surface area (TPSA) is 64.3 Å². The summed E-state index contributed by atoms with van der Waals surface area (Å²) in [5.41, 5.74) is 7.01. The fourth-order valence-electron chi connectivity index (χ4n) is 3.04. The van der Waals surface area contributed by atoms with Crippen LogP contribution >= 0.6 is 0 Å². The number of carbonyl (C=O) groups excluding carboxylic acids is 1. The van der Waals surface area contributed by atoms with Crippen LogP contribution in [0.4, 0.5) is 0 Å². The van der Waals surface area contributed by atoms with Gasteiger partial charge in [-0.1, -0.05) is 26.0 Å². The Morgan fingerprint density at radius 2 is 2.19 bits per heavy atom. The maximum atomic E-state index is 11.2. The number of nitrogens with two attached hydrogens (primary N) is 1. The summed E-state index contributed by atoms with van der Waals surface area (Å²) in [5.74, 6) is -0.376. The summed E-state index contributed by atoms with van der Waals surface area (Å²) in [6.07, 6.45) is 4.20. The van der Waals surface area contributed by atoms with Crippen LogP contribution in [-0.4, -0.2) is 24.2 Å². The first-order valence-electron chi connectivity index (χ1n) is 7.84. The number of rotatable bonds is 6. The molecule has 1 amide bonds. The molecular weight excluding hydrogens is 264 g/mol. The third-order valence-corrected chi connectivity index (χ3v) is 4.59. The van der Waals surface area contributed by atoms with E-state index in [2.05, 4.69) is 19.2 Å². The molecule has 1 atom stereocenters. The van der Waals surface area contributed by atoms with Gasteiger partial charge in [0.2, 0.25) is 5.91 Å². The summed E-state index contributed by atoms with van der Waals surface area (Å²) in [6.45, 7) is 5.97. The van der Waals surface area contributed by atoms with Gasteiger partial charge in [0.1, 0.15) is 0 Å². The first-order chi connectivity index (χ1) is 10.1. The van der Waals surface area contributed by atoms with E-state index in [0.717, 1.165) is 44.4 Å². The molecule has 21 heavy (non-hydrogen) atoms. The monoisotopic (exact) mass is 290 g/mol. The molecule has 0 radical (unpaired) electrons. The van der Waals surface area contributed by atoms with Crippen molar-refractivity contribution in [2.45, 2.75) is 57.7 Å². The summed E-state index contributed by atoms with van der Waals surface area (Å²) in [4.78, 5) is 11.2. The molecular formula is C17H26N2O2. The third kappa shape index (κ3) is 4.05. The Bertz CT molecular complexity index is 483. The van der Waals surface area contributed by atoms with E-state index in [9.17, 15) is 4.79 Å². The number of primary amides is 1. The second-order valence-corrected chi connectivity index (χ2v) is 5.87. The number of carbonyl (C=O) groups is 1. The van der Waals surface area contributed by atoms with Gasteiger partial charge in [0.25, 0.3) is 0 Å². The summed E-state index contributed by atoms with van der Waals surface area (Å²) in [7, 11) is 0. The van der Waals surface area contributed by atoms with E-state index in [1.54, 1.807) is 6.07 Å². The van der Waals surface area contributed by atoms with Crippen LogP contribution in [0.3, 0.4) is 0 Å². The van der Waals surface area contributed by atoms with Crippen LogP contribution in [0.5, 0.6) is 0 Å². The Morgan fingerprint density at radius 1 is 1.43 bits per heavy atom. The quantitative estimate of drug-likeness (QED) is 0.846. The molecule has 1 aromatic carbocycles. The molecule has 1 saturated heterocycles. The average molecular weight is 290 g/mol. The summed E-state index contributed by atoms with van der Waals surface area (Å²) in [6, 6.07) is 7.98. The summed E-state index contributed by atoms with van der Waals surface area (Å²) >= 11 is 0. The molecule has 0 aliphatic carbocycles. The normalized spacial score (nSPS) is 21.1. The van der Waals surface area contributed by atoms with Crippen LogP contribution in [0, 0.1) is 0 Å². The zero-order chi connectivity index (χ0) is 15.3. The van der Waals surface area contributed by atoms with Gasteiger partial charge in [0.15, 0.2) is 0 Å². The minimum atomic E-state index is -0.376. The molecule has 1 aliphatic rings. The molecule has 0 spiro atoms. The maximum Gasteiger partial charge on any atom is 0.248 e. The molecule has 0 aromatic heterocycles. The molecule has 1 aliphatic heterocycles. The standard InChI is InChI=1S/C17H26N2O2/c1-3-17(4-2)11-15(8-9-21-17)19-12-13-6-5-7-14(10-13)16(18)20/h5-7,10,15,19H,3-4,8-9,11-12H2,1-2H3,(H2,18,20). The number of benzene rings is 1. The molecule has 2 rings (SSSR count). The number of hydrogen-bond donors (Lipinski definition) is 2. The average Bonchev–Trinajstić information content (AvgIpc) is 2.53. The van der Waals surface area contributed by atoms with Crippen molar-refractivity contribution in [2.24, 2.45) is 5.73 Å². The first kappa shape index (κ1) is 16.0. The lowest BCUT2D eigenvalue weighted by Gasteiger charge is -2.40. The Morgan fingerprint density at radius 3 is 2.86 bits per heavy atom. The third-order valence-electron chi connectivity index (χ3n) is 4.59. The molecule has 1 heterocycles. The predicted molar refractivity (Wildman–Crippen MR) is 84.1 cm³/mol. The van der Waals surface area contributed by atoms with Gasteiger partial charge in [0.05, 0.1) is 5.60 Å². The molecule has 3 N–H and O–H groups in total.